The normalized spacial score (nSPS) is 21.2. The first-order chi connectivity index (χ1) is 13.8. The molecule has 4 rings (SSSR count). The van der Waals surface area contributed by atoms with E-state index in [4.69, 9.17) is 5.11 Å². The van der Waals surface area contributed by atoms with Gasteiger partial charge in [-0.1, -0.05) is 6.92 Å². The second-order valence-corrected chi connectivity index (χ2v) is 7.88. The van der Waals surface area contributed by atoms with Crippen LogP contribution >= 0.6 is 0 Å². The Morgan fingerprint density at radius 2 is 1.86 bits per heavy atom. The van der Waals surface area contributed by atoms with E-state index < -0.39 is 17.0 Å². The van der Waals surface area contributed by atoms with Crippen LogP contribution < -0.4 is 5.32 Å². The van der Waals surface area contributed by atoms with Crippen molar-refractivity contribution in [3.63, 3.8) is 0 Å². The Balaban J connectivity index is 1.76. The van der Waals surface area contributed by atoms with Crippen molar-refractivity contribution < 1.29 is 23.1 Å². The van der Waals surface area contributed by atoms with E-state index in [1.165, 1.54) is 18.2 Å². The summed E-state index contributed by atoms with van der Waals surface area (Å²) >= 11 is 0. The third-order valence-corrected chi connectivity index (χ3v) is 5.75. The van der Waals surface area contributed by atoms with Crippen molar-refractivity contribution in [2.24, 2.45) is 5.41 Å². The number of aromatic amines is 1. The number of carbonyl (C=O) groups excluding carboxylic acids is 1. The smallest absolute Gasteiger partial charge is 0.226 e. The van der Waals surface area contributed by atoms with Gasteiger partial charge in [-0.15, -0.1) is 0 Å². The first-order valence-electron chi connectivity index (χ1n) is 9.48. The number of aromatic nitrogens is 1. The largest absolute Gasteiger partial charge is 0.395 e. The van der Waals surface area contributed by atoms with Gasteiger partial charge in [-0.05, 0) is 60.2 Å². The van der Waals surface area contributed by atoms with E-state index in [9.17, 15) is 18.0 Å². The minimum absolute atomic E-state index is 0.0881. The van der Waals surface area contributed by atoms with Gasteiger partial charge in [0.25, 0.3) is 0 Å². The van der Waals surface area contributed by atoms with Crippen molar-refractivity contribution >= 4 is 16.8 Å². The molecule has 0 unspecified atom stereocenters. The van der Waals surface area contributed by atoms with E-state index in [0.29, 0.717) is 29.5 Å². The molecule has 1 fully saturated rings. The molecule has 0 radical (unpaired) electrons. The zero-order valence-corrected chi connectivity index (χ0v) is 15.9. The second kappa shape index (κ2) is 7.22. The van der Waals surface area contributed by atoms with Gasteiger partial charge in [-0.3, -0.25) is 4.79 Å². The highest BCUT2D eigenvalue weighted by atomic mass is 19.1. The van der Waals surface area contributed by atoms with E-state index in [1.807, 2.05) is 6.92 Å². The number of benzene rings is 2. The van der Waals surface area contributed by atoms with Crippen LogP contribution in [-0.4, -0.2) is 29.1 Å². The first-order valence-corrected chi connectivity index (χ1v) is 9.48. The molecule has 29 heavy (non-hydrogen) atoms. The van der Waals surface area contributed by atoms with Crippen LogP contribution in [0.2, 0.25) is 0 Å². The highest BCUT2D eigenvalue weighted by Crippen LogP contribution is 2.54. The second-order valence-electron chi connectivity index (χ2n) is 7.88. The number of halogens is 3. The molecule has 1 aromatic heterocycles. The molecule has 3 aromatic rings. The third kappa shape index (κ3) is 3.40. The summed E-state index contributed by atoms with van der Waals surface area (Å²) < 4.78 is 41.7. The van der Waals surface area contributed by atoms with Crippen molar-refractivity contribution in [3.05, 3.63) is 59.4 Å². The fourth-order valence-corrected chi connectivity index (χ4v) is 4.31. The Labute approximate surface area is 165 Å². The summed E-state index contributed by atoms with van der Waals surface area (Å²) in [5, 5.41) is 12.0. The lowest BCUT2D eigenvalue weighted by atomic mass is 9.60. The van der Waals surface area contributed by atoms with Crippen LogP contribution in [-0.2, 0) is 4.79 Å². The zero-order chi connectivity index (χ0) is 20.8. The van der Waals surface area contributed by atoms with Crippen LogP contribution in [0.15, 0.2) is 36.4 Å². The summed E-state index contributed by atoms with van der Waals surface area (Å²) in [6.45, 7) is 1.88. The lowest BCUT2D eigenvalue weighted by Crippen LogP contribution is -2.47. The molecule has 7 heteroatoms. The molecule has 0 bridgehead atoms. The highest BCUT2D eigenvalue weighted by Gasteiger charge is 2.48. The summed E-state index contributed by atoms with van der Waals surface area (Å²) in [6.07, 6.45) is 1.01. The van der Waals surface area contributed by atoms with Gasteiger partial charge in [0.05, 0.1) is 17.8 Å². The van der Waals surface area contributed by atoms with Gasteiger partial charge in [-0.2, -0.15) is 0 Å². The predicted octanol–water partition coefficient (Wildman–Crippen LogP) is 4.24. The van der Waals surface area contributed by atoms with Crippen molar-refractivity contribution in [1.29, 1.82) is 0 Å². The number of fused-ring (bicyclic) bond motifs is 1. The summed E-state index contributed by atoms with van der Waals surface area (Å²) in [4.78, 5) is 15.4. The van der Waals surface area contributed by atoms with Gasteiger partial charge in [0.15, 0.2) is 0 Å². The Hall–Kier alpha value is -2.80. The van der Waals surface area contributed by atoms with Gasteiger partial charge in [0.2, 0.25) is 5.91 Å². The average Bonchev–Trinajstić information content (AvgIpc) is 3.03. The number of carbonyl (C=O) groups is 1. The highest BCUT2D eigenvalue weighted by molar-refractivity contribution is 5.93. The Morgan fingerprint density at radius 1 is 1.17 bits per heavy atom. The fourth-order valence-electron chi connectivity index (χ4n) is 4.31. The Morgan fingerprint density at radius 3 is 2.52 bits per heavy atom. The third-order valence-electron chi connectivity index (χ3n) is 5.75. The van der Waals surface area contributed by atoms with Crippen LogP contribution in [0.1, 0.15) is 31.2 Å². The van der Waals surface area contributed by atoms with E-state index in [1.54, 1.807) is 12.1 Å². The van der Waals surface area contributed by atoms with Crippen LogP contribution in [0, 0.1) is 22.9 Å². The first kappa shape index (κ1) is 19.5. The molecule has 1 aliphatic carbocycles. The number of aliphatic hydroxyl groups excluding tert-OH is 1. The number of H-pyrrole nitrogens is 1. The maximum absolute atomic E-state index is 14.4. The molecular formula is C22H21F3N2O2. The summed E-state index contributed by atoms with van der Waals surface area (Å²) in [6, 6.07) is 7.92. The number of aliphatic hydroxyl groups is 1. The molecule has 1 saturated carbocycles. The SMILES string of the molecule is CC1(C(=O)NCCO)CC(c2c(-c3ccc(F)cc3)[nH]c3c(F)cc(F)cc23)C1. The number of amides is 1. The van der Waals surface area contributed by atoms with Crippen LogP contribution in [0.5, 0.6) is 0 Å². The van der Waals surface area contributed by atoms with E-state index in [2.05, 4.69) is 10.3 Å². The molecule has 0 spiro atoms. The molecule has 0 atom stereocenters. The molecule has 1 aliphatic rings. The zero-order valence-electron chi connectivity index (χ0n) is 15.9. The minimum atomic E-state index is -0.697. The molecule has 4 nitrogen and oxygen atoms in total. The fraction of sp³-hybridized carbons (Fsp3) is 0.318. The van der Waals surface area contributed by atoms with Gasteiger partial charge in [0.1, 0.15) is 17.5 Å². The Bertz CT molecular complexity index is 1070. The van der Waals surface area contributed by atoms with Crippen LogP contribution in [0.4, 0.5) is 13.2 Å². The standard InChI is InChI=1S/C22H21F3N2O2/c1-22(21(29)26-6-7-28)10-13(11-22)18-16-8-15(24)9-17(25)20(16)27-19(18)12-2-4-14(23)5-3-12/h2-5,8-9,13,27-28H,6-7,10-11H2,1H3,(H,26,29). The van der Waals surface area contributed by atoms with E-state index in [-0.39, 0.29) is 36.3 Å². The van der Waals surface area contributed by atoms with Crippen molar-refractivity contribution in [2.75, 3.05) is 13.2 Å². The van der Waals surface area contributed by atoms with Crippen molar-refractivity contribution in [3.8, 4) is 11.3 Å². The monoisotopic (exact) mass is 402 g/mol. The number of nitrogens with one attached hydrogen (secondary N) is 2. The van der Waals surface area contributed by atoms with Gasteiger partial charge in [0, 0.05) is 23.4 Å². The maximum atomic E-state index is 14.4. The van der Waals surface area contributed by atoms with Crippen LogP contribution in [0.3, 0.4) is 0 Å². The number of hydrogen-bond acceptors (Lipinski definition) is 2. The maximum Gasteiger partial charge on any atom is 0.226 e. The minimum Gasteiger partial charge on any atom is -0.395 e. The molecule has 3 N–H and O–H groups in total. The lowest BCUT2D eigenvalue weighted by molar-refractivity contribution is -0.135. The van der Waals surface area contributed by atoms with Gasteiger partial charge in [-0.25, -0.2) is 13.2 Å². The summed E-state index contributed by atoms with van der Waals surface area (Å²) in [7, 11) is 0. The van der Waals surface area contributed by atoms with Crippen molar-refractivity contribution in [1.82, 2.24) is 10.3 Å². The van der Waals surface area contributed by atoms with E-state index >= 15 is 0 Å². The molecular weight excluding hydrogens is 381 g/mol. The average molecular weight is 402 g/mol. The van der Waals surface area contributed by atoms with Gasteiger partial charge >= 0.3 is 0 Å². The van der Waals surface area contributed by atoms with Crippen LogP contribution in [0.25, 0.3) is 22.2 Å². The number of hydrogen-bond donors (Lipinski definition) is 3. The molecule has 0 aliphatic heterocycles. The number of rotatable bonds is 5. The molecule has 1 heterocycles. The topological polar surface area (TPSA) is 65.1 Å². The van der Waals surface area contributed by atoms with Crippen molar-refractivity contribution in [2.45, 2.75) is 25.7 Å². The molecule has 0 saturated heterocycles. The summed E-state index contributed by atoms with van der Waals surface area (Å²) in [5.41, 5.74) is 1.58. The lowest BCUT2D eigenvalue weighted by Gasteiger charge is -2.44. The quantitative estimate of drug-likeness (QED) is 0.598. The molecule has 2 aromatic carbocycles. The Kier molecular flexibility index (Phi) is 4.86. The van der Waals surface area contributed by atoms with Gasteiger partial charge < -0.3 is 15.4 Å². The molecule has 152 valence electrons. The van der Waals surface area contributed by atoms with E-state index in [0.717, 1.165) is 11.6 Å². The predicted molar refractivity (Wildman–Crippen MR) is 104 cm³/mol. The molecule has 1 amide bonds. The summed E-state index contributed by atoms with van der Waals surface area (Å²) in [5.74, 6) is -2.00.